The van der Waals surface area contributed by atoms with E-state index in [4.69, 9.17) is 0 Å². The highest BCUT2D eigenvalue weighted by molar-refractivity contribution is 6.07. The van der Waals surface area contributed by atoms with Crippen LogP contribution >= 0.6 is 0 Å². The first kappa shape index (κ1) is 17.2. The number of aliphatic hydroxyl groups is 1. The number of aliphatic hydroxyl groups excluding tert-OH is 1. The molecular weight excluding hydrogens is 319 g/mol. The van der Waals surface area contributed by atoms with Crippen molar-refractivity contribution >= 4 is 16.8 Å². The van der Waals surface area contributed by atoms with Crippen LogP contribution in [0.15, 0.2) is 60.8 Å². The van der Waals surface area contributed by atoms with Crippen molar-refractivity contribution in [3.8, 4) is 0 Å². The van der Waals surface area contributed by atoms with Gasteiger partial charge in [0.05, 0.1) is 24.9 Å². The largest absolute Gasteiger partial charge is 0.394 e. The van der Waals surface area contributed by atoms with Crippen molar-refractivity contribution in [1.82, 2.24) is 9.88 Å². The number of benzene rings is 2. The minimum atomic E-state index is -0.582. The summed E-state index contributed by atoms with van der Waals surface area (Å²) in [6.07, 6.45) is 1.92. The van der Waals surface area contributed by atoms with E-state index in [1.807, 2.05) is 65.4 Å². The Balaban J connectivity index is 1.92. The average Bonchev–Trinajstić information content (AvgIpc) is 3.01. The maximum absolute atomic E-state index is 12.6. The van der Waals surface area contributed by atoms with E-state index in [1.54, 1.807) is 0 Å². The lowest BCUT2D eigenvalue weighted by Gasteiger charge is -2.14. The molecule has 0 radical (unpaired) electrons. The second kappa shape index (κ2) is 7.94. The molecule has 2 N–H and O–H groups in total. The Morgan fingerprint density at radius 2 is 1.84 bits per heavy atom. The SMILES string of the molecule is O=C(NC(CO)CCF)c1cn(Cc2ccccc2)c2ccccc12. The van der Waals surface area contributed by atoms with E-state index in [1.165, 1.54) is 0 Å². The van der Waals surface area contributed by atoms with Crippen LogP contribution in [0.25, 0.3) is 10.9 Å². The van der Waals surface area contributed by atoms with Gasteiger partial charge in [-0.05, 0) is 18.1 Å². The van der Waals surface area contributed by atoms with E-state index in [0.717, 1.165) is 16.5 Å². The van der Waals surface area contributed by atoms with Gasteiger partial charge in [0.15, 0.2) is 0 Å². The number of alkyl halides is 1. The van der Waals surface area contributed by atoms with E-state index >= 15 is 0 Å². The van der Waals surface area contributed by atoms with Gasteiger partial charge in [-0.2, -0.15) is 0 Å². The van der Waals surface area contributed by atoms with Gasteiger partial charge in [0.2, 0.25) is 0 Å². The average molecular weight is 340 g/mol. The normalized spacial score (nSPS) is 12.2. The summed E-state index contributed by atoms with van der Waals surface area (Å²) in [6.45, 7) is -0.206. The van der Waals surface area contributed by atoms with Gasteiger partial charge in [0.25, 0.3) is 5.91 Å². The minimum Gasteiger partial charge on any atom is -0.394 e. The van der Waals surface area contributed by atoms with Gasteiger partial charge in [-0.1, -0.05) is 48.5 Å². The molecule has 0 saturated heterocycles. The van der Waals surface area contributed by atoms with Gasteiger partial charge in [-0.15, -0.1) is 0 Å². The lowest BCUT2D eigenvalue weighted by atomic mass is 10.1. The van der Waals surface area contributed by atoms with Crippen LogP contribution in [0, 0.1) is 0 Å². The molecular formula is C20H21FN2O2. The molecule has 5 heteroatoms. The Kier molecular flexibility index (Phi) is 5.46. The Bertz CT molecular complexity index is 845. The predicted molar refractivity (Wildman–Crippen MR) is 96.4 cm³/mol. The summed E-state index contributed by atoms with van der Waals surface area (Å²) in [4.78, 5) is 12.6. The van der Waals surface area contributed by atoms with Crippen LogP contribution in [-0.4, -0.2) is 34.9 Å². The molecule has 0 spiro atoms. The van der Waals surface area contributed by atoms with Crippen LogP contribution < -0.4 is 5.32 Å². The molecule has 1 atom stereocenters. The zero-order valence-corrected chi connectivity index (χ0v) is 13.9. The van der Waals surface area contributed by atoms with Crippen molar-refractivity contribution in [1.29, 1.82) is 0 Å². The number of fused-ring (bicyclic) bond motifs is 1. The molecule has 0 fully saturated rings. The summed E-state index contributed by atoms with van der Waals surface area (Å²) in [5.41, 5.74) is 2.63. The van der Waals surface area contributed by atoms with Crippen LogP contribution in [0.2, 0.25) is 0 Å². The highest BCUT2D eigenvalue weighted by Gasteiger charge is 2.18. The number of amides is 1. The quantitative estimate of drug-likeness (QED) is 0.694. The third kappa shape index (κ3) is 3.88. The molecule has 0 bridgehead atoms. The van der Waals surface area contributed by atoms with E-state index in [0.29, 0.717) is 12.1 Å². The van der Waals surface area contributed by atoms with Gasteiger partial charge < -0.3 is 15.0 Å². The number of nitrogens with one attached hydrogen (secondary N) is 1. The number of aromatic nitrogens is 1. The Morgan fingerprint density at radius 1 is 1.12 bits per heavy atom. The van der Waals surface area contributed by atoms with Crippen molar-refractivity contribution in [2.45, 2.75) is 19.0 Å². The topological polar surface area (TPSA) is 54.3 Å². The van der Waals surface area contributed by atoms with Gasteiger partial charge in [0.1, 0.15) is 0 Å². The van der Waals surface area contributed by atoms with E-state index < -0.39 is 12.7 Å². The number of hydrogen-bond acceptors (Lipinski definition) is 2. The summed E-state index contributed by atoms with van der Waals surface area (Å²) < 4.78 is 14.5. The highest BCUT2D eigenvalue weighted by atomic mass is 19.1. The molecule has 3 aromatic rings. The predicted octanol–water partition coefficient (Wildman–Crippen LogP) is 3.14. The molecule has 4 nitrogen and oxygen atoms in total. The summed E-state index contributed by atoms with van der Waals surface area (Å²) in [5.74, 6) is -0.296. The fourth-order valence-corrected chi connectivity index (χ4v) is 2.94. The summed E-state index contributed by atoms with van der Waals surface area (Å²) in [7, 11) is 0. The van der Waals surface area contributed by atoms with Crippen LogP contribution in [0.4, 0.5) is 4.39 Å². The lowest BCUT2D eigenvalue weighted by molar-refractivity contribution is 0.0912. The number of nitrogens with zero attached hydrogens (tertiary/aromatic N) is 1. The summed E-state index contributed by atoms with van der Waals surface area (Å²) in [6, 6.07) is 17.1. The standard InChI is InChI=1S/C20H21FN2O2/c21-11-10-16(14-24)22-20(25)18-13-23(12-15-6-2-1-3-7-15)19-9-5-4-8-17(18)19/h1-9,13,16,24H,10-12,14H2,(H,22,25). The summed E-state index contributed by atoms with van der Waals surface area (Å²) in [5, 5.41) is 12.8. The van der Waals surface area contributed by atoms with Crippen molar-refractivity contribution in [2.75, 3.05) is 13.3 Å². The first-order chi connectivity index (χ1) is 12.2. The molecule has 0 aliphatic rings. The van der Waals surface area contributed by atoms with Crippen LogP contribution in [0.3, 0.4) is 0 Å². The molecule has 25 heavy (non-hydrogen) atoms. The Labute approximate surface area is 145 Å². The van der Waals surface area contributed by atoms with Crippen LogP contribution in [-0.2, 0) is 6.54 Å². The molecule has 2 aromatic carbocycles. The van der Waals surface area contributed by atoms with E-state index in [9.17, 15) is 14.3 Å². The van der Waals surface area contributed by atoms with Crippen molar-refractivity contribution in [2.24, 2.45) is 0 Å². The van der Waals surface area contributed by atoms with Gasteiger partial charge >= 0.3 is 0 Å². The highest BCUT2D eigenvalue weighted by Crippen LogP contribution is 2.22. The molecule has 130 valence electrons. The number of hydrogen-bond donors (Lipinski definition) is 2. The molecule has 0 saturated carbocycles. The molecule has 1 heterocycles. The van der Waals surface area contributed by atoms with Crippen molar-refractivity contribution < 1.29 is 14.3 Å². The maximum Gasteiger partial charge on any atom is 0.253 e. The molecule has 0 aliphatic heterocycles. The third-order valence-corrected chi connectivity index (χ3v) is 4.24. The zero-order chi connectivity index (χ0) is 17.6. The van der Waals surface area contributed by atoms with Crippen molar-refractivity contribution in [3.63, 3.8) is 0 Å². The second-order valence-electron chi connectivity index (χ2n) is 6.00. The Morgan fingerprint density at radius 3 is 2.56 bits per heavy atom. The number of para-hydroxylation sites is 1. The zero-order valence-electron chi connectivity index (χ0n) is 13.9. The van der Waals surface area contributed by atoms with Gasteiger partial charge in [0, 0.05) is 23.6 Å². The van der Waals surface area contributed by atoms with Gasteiger partial charge in [-0.3, -0.25) is 9.18 Å². The molecule has 1 unspecified atom stereocenters. The Hall–Kier alpha value is -2.66. The number of halogens is 1. The van der Waals surface area contributed by atoms with Crippen LogP contribution in [0.1, 0.15) is 22.3 Å². The molecule has 0 aliphatic carbocycles. The molecule has 3 rings (SSSR count). The maximum atomic E-state index is 12.6. The minimum absolute atomic E-state index is 0.102. The number of carbonyl (C=O) groups excluding carboxylic acids is 1. The first-order valence-corrected chi connectivity index (χ1v) is 8.32. The summed E-state index contributed by atoms with van der Waals surface area (Å²) >= 11 is 0. The van der Waals surface area contributed by atoms with Gasteiger partial charge in [-0.25, -0.2) is 0 Å². The van der Waals surface area contributed by atoms with E-state index in [-0.39, 0.29) is 18.9 Å². The lowest BCUT2D eigenvalue weighted by Crippen LogP contribution is -2.37. The fourth-order valence-electron chi connectivity index (χ4n) is 2.94. The van der Waals surface area contributed by atoms with Crippen LogP contribution in [0.5, 0.6) is 0 Å². The van der Waals surface area contributed by atoms with E-state index in [2.05, 4.69) is 5.32 Å². The second-order valence-corrected chi connectivity index (χ2v) is 6.00. The third-order valence-electron chi connectivity index (χ3n) is 4.24. The molecule has 1 amide bonds. The molecule has 1 aromatic heterocycles. The van der Waals surface area contributed by atoms with Crippen molar-refractivity contribution in [3.05, 3.63) is 71.9 Å². The number of rotatable bonds is 7. The smallest absolute Gasteiger partial charge is 0.253 e. The number of carbonyl (C=O) groups is 1. The fraction of sp³-hybridized carbons (Fsp3) is 0.250. The first-order valence-electron chi connectivity index (χ1n) is 8.32. The monoisotopic (exact) mass is 340 g/mol.